The molecular formula is C30H29ClN2O2. The summed E-state index contributed by atoms with van der Waals surface area (Å²) in [7, 11) is 0. The van der Waals surface area contributed by atoms with Crippen LogP contribution in [0.5, 0.6) is 5.75 Å². The Kier molecular flexibility index (Phi) is 8.19. The Morgan fingerprint density at radius 2 is 1.49 bits per heavy atom. The molecule has 0 heterocycles. The molecule has 0 aliphatic heterocycles. The van der Waals surface area contributed by atoms with Gasteiger partial charge in [-0.1, -0.05) is 78.9 Å². The van der Waals surface area contributed by atoms with E-state index in [0.29, 0.717) is 29.9 Å². The van der Waals surface area contributed by atoms with Crippen molar-refractivity contribution in [3.8, 4) is 5.75 Å². The highest BCUT2D eigenvalue weighted by molar-refractivity contribution is 6.04. The molecule has 0 saturated heterocycles. The Bertz CT molecular complexity index is 1230. The second-order valence-corrected chi connectivity index (χ2v) is 8.69. The monoisotopic (exact) mass is 484 g/mol. The number of benzene rings is 4. The van der Waals surface area contributed by atoms with Crippen LogP contribution in [0.4, 0.5) is 5.69 Å². The van der Waals surface area contributed by atoms with Crippen molar-refractivity contribution >= 4 is 24.0 Å². The minimum atomic E-state index is -0.147. The van der Waals surface area contributed by atoms with E-state index in [0.717, 1.165) is 24.2 Å². The van der Waals surface area contributed by atoms with Crippen LogP contribution in [-0.4, -0.2) is 11.9 Å². The summed E-state index contributed by atoms with van der Waals surface area (Å²) in [5.41, 5.74) is 5.06. The molecule has 5 rings (SSSR count). The van der Waals surface area contributed by atoms with Gasteiger partial charge in [0.25, 0.3) is 5.91 Å². The summed E-state index contributed by atoms with van der Waals surface area (Å²) < 4.78 is 5.85. The molecule has 178 valence electrons. The van der Waals surface area contributed by atoms with E-state index in [1.807, 2.05) is 60.7 Å². The van der Waals surface area contributed by atoms with Gasteiger partial charge in [0.05, 0.1) is 0 Å². The van der Waals surface area contributed by atoms with E-state index < -0.39 is 0 Å². The van der Waals surface area contributed by atoms with Crippen LogP contribution in [0, 0.1) is 0 Å². The summed E-state index contributed by atoms with van der Waals surface area (Å²) in [6.07, 6.45) is 1.15. The topological polar surface area (TPSA) is 50.4 Å². The molecule has 5 heteroatoms. The van der Waals surface area contributed by atoms with Crippen LogP contribution in [0.25, 0.3) is 0 Å². The zero-order chi connectivity index (χ0) is 23.2. The van der Waals surface area contributed by atoms with Crippen molar-refractivity contribution in [3.63, 3.8) is 0 Å². The first-order valence-corrected chi connectivity index (χ1v) is 11.7. The molecule has 4 nitrogen and oxygen atoms in total. The number of halogens is 1. The summed E-state index contributed by atoms with van der Waals surface area (Å²) in [5, 5.41) is 6.63. The van der Waals surface area contributed by atoms with Crippen molar-refractivity contribution in [2.24, 2.45) is 0 Å². The van der Waals surface area contributed by atoms with Crippen LogP contribution in [0.1, 0.15) is 39.4 Å². The summed E-state index contributed by atoms with van der Waals surface area (Å²) in [6.45, 7) is 1.36. The van der Waals surface area contributed by atoms with Crippen molar-refractivity contribution in [1.29, 1.82) is 0 Å². The molecule has 1 saturated carbocycles. The molecule has 0 unspecified atom stereocenters. The number of anilines is 1. The molecule has 4 aromatic rings. The number of carbonyl (C=O) groups is 1. The first-order valence-electron chi connectivity index (χ1n) is 11.7. The van der Waals surface area contributed by atoms with Crippen molar-refractivity contribution in [3.05, 3.63) is 131 Å². The quantitative estimate of drug-likeness (QED) is 0.282. The lowest BCUT2D eigenvalue weighted by atomic mass is 10.1. The lowest BCUT2D eigenvalue weighted by molar-refractivity contribution is 0.102. The van der Waals surface area contributed by atoms with Gasteiger partial charge in [0.15, 0.2) is 0 Å². The zero-order valence-electron chi connectivity index (χ0n) is 19.4. The number of hydrogen-bond donors (Lipinski definition) is 2. The third kappa shape index (κ3) is 6.72. The number of hydrogen-bond acceptors (Lipinski definition) is 3. The minimum absolute atomic E-state index is 0. The Morgan fingerprint density at radius 3 is 2.20 bits per heavy atom. The van der Waals surface area contributed by atoms with E-state index in [1.165, 1.54) is 11.1 Å². The Labute approximate surface area is 212 Å². The second-order valence-electron chi connectivity index (χ2n) is 8.69. The van der Waals surface area contributed by atoms with Crippen molar-refractivity contribution in [2.45, 2.75) is 31.5 Å². The van der Waals surface area contributed by atoms with Gasteiger partial charge in [-0.25, -0.2) is 0 Å². The lowest BCUT2D eigenvalue weighted by Gasteiger charge is -2.10. The Hall–Kier alpha value is -3.60. The lowest BCUT2D eigenvalue weighted by Crippen LogP contribution is -2.17. The van der Waals surface area contributed by atoms with Crippen LogP contribution >= 0.6 is 12.4 Å². The SMILES string of the molecule is Cl.O=C(Nc1ccc([C@@H]2C[C@H]2NCc2ccccc2)cc1)c1cccc(OCc2ccccc2)c1. The molecule has 2 N–H and O–H groups in total. The van der Waals surface area contributed by atoms with Gasteiger partial charge in [0, 0.05) is 29.8 Å². The fraction of sp³-hybridized carbons (Fsp3) is 0.167. The van der Waals surface area contributed by atoms with E-state index in [9.17, 15) is 4.79 Å². The van der Waals surface area contributed by atoms with Gasteiger partial charge in [0.2, 0.25) is 0 Å². The smallest absolute Gasteiger partial charge is 0.255 e. The molecule has 1 aliphatic carbocycles. The molecule has 0 aromatic heterocycles. The normalized spacial score (nSPS) is 16.1. The number of nitrogens with one attached hydrogen (secondary N) is 2. The maximum absolute atomic E-state index is 12.8. The van der Waals surface area contributed by atoms with Gasteiger partial charge in [0.1, 0.15) is 12.4 Å². The van der Waals surface area contributed by atoms with E-state index >= 15 is 0 Å². The van der Waals surface area contributed by atoms with E-state index in [-0.39, 0.29) is 18.3 Å². The van der Waals surface area contributed by atoms with Gasteiger partial charge < -0.3 is 15.4 Å². The van der Waals surface area contributed by atoms with Gasteiger partial charge in [-0.15, -0.1) is 12.4 Å². The largest absolute Gasteiger partial charge is 0.489 e. The minimum Gasteiger partial charge on any atom is -0.489 e. The maximum Gasteiger partial charge on any atom is 0.255 e. The average Bonchev–Trinajstić information content (AvgIpc) is 3.68. The summed E-state index contributed by atoms with van der Waals surface area (Å²) in [4.78, 5) is 12.8. The van der Waals surface area contributed by atoms with Gasteiger partial charge in [-0.3, -0.25) is 4.79 Å². The third-order valence-electron chi connectivity index (χ3n) is 6.14. The molecule has 0 radical (unpaired) electrons. The van der Waals surface area contributed by atoms with Crippen LogP contribution in [0.2, 0.25) is 0 Å². The van der Waals surface area contributed by atoms with Crippen molar-refractivity contribution in [2.75, 3.05) is 5.32 Å². The molecule has 35 heavy (non-hydrogen) atoms. The van der Waals surface area contributed by atoms with E-state index in [1.54, 1.807) is 12.1 Å². The second kappa shape index (κ2) is 11.7. The summed E-state index contributed by atoms with van der Waals surface area (Å²) in [5.74, 6) is 1.06. The van der Waals surface area contributed by atoms with Crippen LogP contribution in [0.15, 0.2) is 109 Å². The van der Waals surface area contributed by atoms with E-state index in [2.05, 4.69) is 47.0 Å². The highest BCUT2D eigenvalue weighted by Crippen LogP contribution is 2.41. The molecule has 1 aliphatic rings. The molecule has 4 aromatic carbocycles. The van der Waals surface area contributed by atoms with E-state index in [4.69, 9.17) is 4.74 Å². The number of amides is 1. The summed E-state index contributed by atoms with van der Waals surface area (Å²) >= 11 is 0. The first kappa shape index (κ1) is 24.5. The molecule has 0 bridgehead atoms. The molecular weight excluding hydrogens is 456 g/mol. The zero-order valence-corrected chi connectivity index (χ0v) is 20.2. The fourth-order valence-electron chi connectivity index (χ4n) is 4.12. The Morgan fingerprint density at radius 1 is 0.800 bits per heavy atom. The summed E-state index contributed by atoms with van der Waals surface area (Å²) in [6, 6.07) is 36.5. The van der Waals surface area contributed by atoms with Gasteiger partial charge in [-0.05, 0) is 53.4 Å². The van der Waals surface area contributed by atoms with Gasteiger partial charge in [-0.2, -0.15) is 0 Å². The average molecular weight is 485 g/mol. The maximum atomic E-state index is 12.8. The number of carbonyl (C=O) groups excluding carboxylic acids is 1. The van der Waals surface area contributed by atoms with Crippen LogP contribution in [-0.2, 0) is 13.2 Å². The third-order valence-corrected chi connectivity index (χ3v) is 6.14. The molecule has 1 amide bonds. The fourth-order valence-corrected chi connectivity index (χ4v) is 4.12. The Balaban J connectivity index is 0.00000289. The highest BCUT2D eigenvalue weighted by Gasteiger charge is 2.37. The molecule has 1 fully saturated rings. The van der Waals surface area contributed by atoms with Gasteiger partial charge >= 0.3 is 0 Å². The first-order chi connectivity index (χ1) is 16.7. The number of ether oxygens (including phenoxy) is 1. The molecule has 2 atom stereocenters. The predicted octanol–water partition coefficient (Wildman–Crippen LogP) is 6.59. The highest BCUT2D eigenvalue weighted by atomic mass is 35.5. The standard InChI is InChI=1S/C30H28N2O2.ClH/c33-30(25-12-7-13-27(18-25)34-21-23-10-5-2-6-11-23)32-26-16-14-24(15-17-26)28-19-29(28)31-20-22-8-3-1-4-9-22;/h1-18,28-29,31H,19-21H2,(H,32,33);1H/t28-,29+;/m0./s1. The van der Waals surface area contributed by atoms with Crippen LogP contribution < -0.4 is 15.4 Å². The van der Waals surface area contributed by atoms with Crippen LogP contribution in [0.3, 0.4) is 0 Å². The van der Waals surface area contributed by atoms with Crippen molar-refractivity contribution < 1.29 is 9.53 Å². The predicted molar refractivity (Wildman–Crippen MR) is 143 cm³/mol. The molecule has 0 spiro atoms. The van der Waals surface area contributed by atoms with Crippen molar-refractivity contribution in [1.82, 2.24) is 5.32 Å². The number of rotatable bonds is 9.